The van der Waals surface area contributed by atoms with Gasteiger partial charge in [-0.2, -0.15) is 22.0 Å². The molecule has 0 amide bonds. The van der Waals surface area contributed by atoms with Gasteiger partial charge in [-0.3, -0.25) is 0 Å². The minimum Gasteiger partial charge on any atom is -0.462 e. The van der Waals surface area contributed by atoms with Crippen molar-refractivity contribution in [3.05, 3.63) is 12.1 Å². The average molecular weight is 263 g/mol. The van der Waals surface area contributed by atoms with E-state index in [2.05, 4.69) is 27.9 Å². The lowest BCUT2D eigenvalue weighted by atomic mass is 10.4. The second-order valence-corrected chi connectivity index (χ2v) is 3.10. The molecule has 84 valence electrons. The quantitative estimate of drug-likeness (QED) is 0.426. The standard InChI is InChI=1S/C5H2Cl2F6O/c6-4(11,5(7,12)13)1-14-3(10)2(8)9/h1H2. The maximum atomic E-state index is 12.5. The molecule has 0 radical (unpaired) electrons. The van der Waals surface area contributed by atoms with Gasteiger partial charge in [0.15, 0.2) is 0 Å². The van der Waals surface area contributed by atoms with Crippen molar-refractivity contribution in [2.75, 3.05) is 6.61 Å². The fourth-order valence-electron chi connectivity index (χ4n) is 0.290. The van der Waals surface area contributed by atoms with Crippen LogP contribution in [0.3, 0.4) is 0 Å². The highest BCUT2D eigenvalue weighted by Crippen LogP contribution is 2.40. The van der Waals surface area contributed by atoms with E-state index in [1.54, 1.807) is 0 Å². The van der Waals surface area contributed by atoms with Crippen molar-refractivity contribution in [1.82, 2.24) is 0 Å². The van der Waals surface area contributed by atoms with Crippen LogP contribution >= 0.6 is 23.2 Å². The molecule has 0 aliphatic heterocycles. The Labute approximate surface area is 84.2 Å². The zero-order valence-electron chi connectivity index (χ0n) is 6.14. The first-order valence-corrected chi connectivity index (χ1v) is 3.61. The van der Waals surface area contributed by atoms with Crippen LogP contribution in [-0.2, 0) is 4.74 Å². The van der Waals surface area contributed by atoms with Gasteiger partial charge in [-0.15, -0.1) is 0 Å². The minimum atomic E-state index is -4.57. The summed E-state index contributed by atoms with van der Waals surface area (Å²) < 4.78 is 74.3. The van der Waals surface area contributed by atoms with Gasteiger partial charge in [0.1, 0.15) is 6.61 Å². The van der Waals surface area contributed by atoms with Crippen molar-refractivity contribution in [3.63, 3.8) is 0 Å². The van der Waals surface area contributed by atoms with Crippen molar-refractivity contribution in [3.8, 4) is 0 Å². The Balaban J connectivity index is 4.35. The van der Waals surface area contributed by atoms with Crippen LogP contribution in [0.1, 0.15) is 0 Å². The number of rotatable bonds is 4. The molecule has 0 aromatic heterocycles. The molecule has 0 heterocycles. The van der Waals surface area contributed by atoms with Crippen molar-refractivity contribution in [1.29, 1.82) is 0 Å². The van der Waals surface area contributed by atoms with E-state index in [0.717, 1.165) is 0 Å². The number of halogens is 8. The Bertz CT molecular complexity index is 231. The maximum Gasteiger partial charge on any atom is 0.372 e. The number of hydrogen-bond acceptors (Lipinski definition) is 1. The molecular weight excluding hydrogens is 261 g/mol. The molecule has 0 spiro atoms. The molecule has 0 N–H and O–H groups in total. The van der Waals surface area contributed by atoms with Crippen LogP contribution < -0.4 is 0 Å². The summed E-state index contributed by atoms with van der Waals surface area (Å²) in [6, 6.07) is -2.49. The molecule has 1 atom stereocenters. The lowest BCUT2D eigenvalue weighted by molar-refractivity contribution is -0.0622. The van der Waals surface area contributed by atoms with Crippen LogP contribution in [0.2, 0.25) is 0 Å². The fourth-order valence-corrected chi connectivity index (χ4v) is 0.399. The molecule has 0 saturated heterocycles. The van der Waals surface area contributed by atoms with Gasteiger partial charge in [0.05, 0.1) is 0 Å². The van der Waals surface area contributed by atoms with Gasteiger partial charge in [-0.05, 0) is 11.6 Å². The molecule has 9 heteroatoms. The summed E-state index contributed by atoms with van der Waals surface area (Å²) in [7, 11) is 0. The van der Waals surface area contributed by atoms with E-state index in [1.165, 1.54) is 0 Å². The predicted molar refractivity (Wildman–Crippen MR) is 36.8 cm³/mol. The number of ether oxygens (including phenoxy) is 1. The topological polar surface area (TPSA) is 9.23 Å². The van der Waals surface area contributed by atoms with Gasteiger partial charge < -0.3 is 4.74 Å². The summed E-state index contributed by atoms with van der Waals surface area (Å²) in [4.78, 5) is 0. The third kappa shape index (κ3) is 3.83. The van der Waals surface area contributed by atoms with E-state index in [9.17, 15) is 26.3 Å². The van der Waals surface area contributed by atoms with Crippen LogP contribution in [0.4, 0.5) is 26.3 Å². The van der Waals surface area contributed by atoms with Gasteiger partial charge in [0, 0.05) is 0 Å². The minimum absolute atomic E-state index is 1.85. The lowest BCUT2D eigenvalue weighted by Gasteiger charge is -2.21. The number of hydrogen-bond donors (Lipinski definition) is 0. The van der Waals surface area contributed by atoms with E-state index in [-0.39, 0.29) is 0 Å². The first kappa shape index (κ1) is 13.7. The van der Waals surface area contributed by atoms with Gasteiger partial charge in [0.25, 0.3) is 5.13 Å². The Kier molecular flexibility index (Phi) is 4.38. The first-order valence-electron chi connectivity index (χ1n) is 2.86. The third-order valence-corrected chi connectivity index (χ3v) is 1.69. The predicted octanol–water partition coefficient (Wildman–Crippen LogP) is 3.77. The van der Waals surface area contributed by atoms with E-state index >= 15 is 0 Å². The zero-order valence-corrected chi connectivity index (χ0v) is 7.65. The Morgan fingerprint density at radius 2 is 1.50 bits per heavy atom. The summed E-state index contributed by atoms with van der Waals surface area (Å²) >= 11 is 8.59. The van der Waals surface area contributed by atoms with E-state index in [4.69, 9.17) is 0 Å². The molecule has 0 aromatic carbocycles. The largest absolute Gasteiger partial charge is 0.462 e. The molecule has 1 unspecified atom stereocenters. The smallest absolute Gasteiger partial charge is 0.372 e. The van der Waals surface area contributed by atoms with Crippen molar-refractivity contribution < 1.29 is 31.1 Å². The SMILES string of the molecule is FC(F)=C(F)OCC(F)(Cl)C(F)(F)Cl. The molecule has 0 aliphatic carbocycles. The summed E-state index contributed by atoms with van der Waals surface area (Å²) in [6.45, 7) is -1.85. The van der Waals surface area contributed by atoms with Crippen LogP contribution in [0.15, 0.2) is 12.1 Å². The summed E-state index contributed by atoms with van der Waals surface area (Å²) in [5, 5.41) is -8.54. The molecular formula is C5H2Cl2F6O. The molecule has 0 fully saturated rings. The highest BCUT2D eigenvalue weighted by atomic mass is 35.5. The highest BCUT2D eigenvalue weighted by molar-refractivity contribution is 6.32. The van der Waals surface area contributed by atoms with Gasteiger partial charge in [0.2, 0.25) is 0 Å². The van der Waals surface area contributed by atoms with Gasteiger partial charge >= 0.3 is 17.5 Å². The fraction of sp³-hybridized carbons (Fsp3) is 0.600. The average Bonchev–Trinajstić information content (AvgIpc) is 1.97. The van der Waals surface area contributed by atoms with Crippen molar-refractivity contribution >= 4 is 23.2 Å². The molecule has 14 heavy (non-hydrogen) atoms. The van der Waals surface area contributed by atoms with E-state index in [0.29, 0.717) is 0 Å². The molecule has 0 rings (SSSR count). The maximum absolute atomic E-state index is 12.5. The third-order valence-electron chi connectivity index (χ3n) is 0.943. The van der Waals surface area contributed by atoms with Crippen LogP contribution in [0.5, 0.6) is 0 Å². The van der Waals surface area contributed by atoms with Gasteiger partial charge in [-0.1, -0.05) is 11.6 Å². The van der Waals surface area contributed by atoms with Crippen LogP contribution in [0.25, 0.3) is 0 Å². The normalized spacial score (nSPS) is 16.0. The Morgan fingerprint density at radius 1 is 1.07 bits per heavy atom. The number of alkyl halides is 5. The summed E-state index contributed by atoms with van der Waals surface area (Å²) in [6.07, 6.45) is -2.92. The second-order valence-electron chi connectivity index (χ2n) is 2.02. The highest BCUT2D eigenvalue weighted by Gasteiger charge is 2.53. The summed E-state index contributed by atoms with van der Waals surface area (Å²) in [5.74, 6) is 0. The second kappa shape index (κ2) is 4.48. The van der Waals surface area contributed by atoms with Gasteiger partial charge in [-0.25, -0.2) is 4.39 Å². The van der Waals surface area contributed by atoms with E-state index in [1.807, 2.05) is 0 Å². The molecule has 0 aliphatic rings. The lowest BCUT2D eigenvalue weighted by Crippen LogP contribution is -2.38. The van der Waals surface area contributed by atoms with Crippen LogP contribution in [-0.4, -0.2) is 17.1 Å². The molecule has 0 aromatic rings. The monoisotopic (exact) mass is 262 g/mol. The van der Waals surface area contributed by atoms with Crippen LogP contribution in [0, 0.1) is 0 Å². The molecule has 1 nitrogen and oxygen atoms in total. The first-order chi connectivity index (χ1) is 6.08. The zero-order chi connectivity index (χ0) is 11.6. The summed E-state index contributed by atoms with van der Waals surface area (Å²) in [5.41, 5.74) is 0. The Morgan fingerprint density at radius 3 is 1.79 bits per heavy atom. The molecule has 0 bridgehead atoms. The van der Waals surface area contributed by atoms with Crippen molar-refractivity contribution in [2.24, 2.45) is 0 Å². The molecule has 0 saturated carbocycles. The van der Waals surface area contributed by atoms with Crippen molar-refractivity contribution in [2.45, 2.75) is 10.5 Å². The van der Waals surface area contributed by atoms with E-state index < -0.39 is 29.2 Å². The Hall–Kier alpha value is -0.300.